The molecule has 19 heavy (non-hydrogen) atoms. The summed E-state index contributed by atoms with van der Waals surface area (Å²) in [5.41, 5.74) is 2.04. The highest BCUT2D eigenvalue weighted by Crippen LogP contribution is 2.11. The Morgan fingerprint density at radius 1 is 0.789 bits per heavy atom. The Balaban J connectivity index is 1.94. The molecule has 1 aliphatic heterocycles. The van der Waals surface area contributed by atoms with E-state index in [0.717, 1.165) is 16.3 Å². The zero-order valence-corrected chi connectivity index (χ0v) is 11.2. The maximum Gasteiger partial charge on any atom is 0.146 e. The van der Waals surface area contributed by atoms with Crippen molar-refractivity contribution in [1.29, 1.82) is 0 Å². The first-order valence-electron chi connectivity index (χ1n) is 6.45. The van der Waals surface area contributed by atoms with Gasteiger partial charge in [0.05, 0.1) is 10.7 Å². The fraction of sp³-hybridized carbons (Fsp3) is 0.176. The van der Waals surface area contributed by atoms with Crippen LogP contribution in [0.1, 0.15) is 25.0 Å². The average Bonchev–Trinajstić information content (AvgIpc) is 2.70. The van der Waals surface area contributed by atoms with Crippen LogP contribution < -0.4 is 10.7 Å². The highest BCUT2D eigenvalue weighted by atomic mass is 15.1. The van der Waals surface area contributed by atoms with Crippen molar-refractivity contribution in [2.75, 3.05) is 0 Å². The molecule has 3 rings (SSSR count). The molecule has 0 saturated carbocycles. The third kappa shape index (κ3) is 2.63. The number of hydrogen-bond donors (Lipinski definition) is 0. The summed E-state index contributed by atoms with van der Waals surface area (Å²) in [6.45, 7) is 4.04. The lowest BCUT2D eigenvalue weighted by molar-refractivity contribution is 0.549. The second-order valence-corrected chi connectivity index (χ2v) is 5.21. The summed E-state index contributed by atoms with van der Waals surface area (Å²) >= 11 is 0. The molecule has 0 atom stereocenters. The fourth-order valence-electron chi connectivity index (χ4n) is 2.20. The van der Waals surface area contributed by atoms with Gasteiger partial charge in [0.2, 0.25) is 0 Å². The Kier molecular flexibility index (Phi) is 2.79. The SMILES string of the molecule is CC1(C)N=c2ccc(/C=C/c3ccccc3)cc2=N1. The Labute approximate surface area is 112 Å². The quantitative estimate of drug-likeness (QED) is 0.730. The van der Waals surface area contributed by atoms with Crippen LogP contribution in [0.3, 0.4) is 0 Å². The molecule has 0 amide bonds. The zero-order chi connectivity index (χ0) is 13.3. The van der Waals surface area contributed by atoms with Crippen LogP contribution in [0.2, 0.25) is 0 Å². The third-order valence-corrected chi connectivity index (χ3v) is 3.06. The number of fused-ring (bicyclic) bond motifs is 1. The van der Waals surface area contributed by atoms with Gasteiger partial charge in [0, 0.05) is 0 Å². The van der Waals surface area contributed by atoms with E-state index >= 15 is 0 Å². The van der Waals surface area contributed by atoms with E-state index in [4.69, 9.17) is 0 Å². The standard InChI is InChI=1S/C17H16N2/c1-17(2)18-15-11-10-14(12-16(15)19-17)9-8-13-6-4-3-5-7-13/h3-12H,1-2H3/b9-8+. The average molecular weight is 248 g/mol. The van der Waals surface area contributed by atoms with E-state index in [2.05, 4.69) is 46.4 Å². The number of nitrogens with zero attached hydrogens (tertiary/aromatic N) is 2. The second-order valence-electron chi connectivity index (χ2n) is 5.21. The highest BCUT2D eigenvalue weighted by molar-refractivity contribution is 5.69. The van der Waals surface area contributed by atoms with Crippen molar-refractivity contribution in [3.05, 3.63) is 70.4 Å². The van der Waals surface area contributed by atoms with Gasteiger partial charge in [-0.1, -0.05) is 48.6 Å². The van der Waals surface area contributed by atoms with Crippen LogP contribution in [-0.2, 0) is 0 Å². The molecule has 2 heteroatoms. The first kappa shape index (κ1) is 11.8. The molecule has 0 fully saturated rings. The van der Waals surface area contributed by atoms with Crippen molar-refractivity contribution in [2.45, 2.75) is 19.5 Å². The number of benzene rings is 2. The van der Waals surface area contributed by atoms with Gasteiger partial charge in [-0.25, -0.2) is 0 Å². The van der Waals surface area contributed by atoms with Crippen LogP contribution in [-0.4, -0.2) is 5.66 Å². The molecule has 0 N–H and O–H groups in total. The van der Waals surface area contributed by atoms with Crippen molar-refractivity contribution in [1.82, 2.24) is 0 Å². The summed E-state index contributed by atoms with van der Waals surface area (Å²) in [6, 6.07) is 16.5. The van der Waals surface area contributed by atoms with Crippen LogP contribution in [0.25, 0.3) is 12.2 Å². The molecule has 0 aliphatic carbocycles. The van der Waals surface area contributed by atoms with E-state index in [-0.39, 0.29) is 5.66 Å². The van der Waals surface area contributed by atoms with Crippen LogP contribution in [0.4, 0.5) is 0 Å². The van der Waals surface area contributed by atoms with E-state index in [1.807, 2.05) is 38.1 Å². The van der Waals surface area contributed by atoms with Crippen LogP contribution in [0, 0.1) is 0 Å². The molecular formula is C17H16N2. The lowest BCUT2D eigenvalue weighted by Crippen LogP contribution is -2.20. The minimum Gasteiger partial charge on any atom is -0.254 e. The minimum atomic E-state index is -0.315. The van der Waals surface area contributed by atoms with E-state index in [9.17, 15) is 0 Å². The smallest absolute Gasteiger partial charge is 0.146 e. The molecule has 0 unspecified atom stereocenters. The lowest BCUT2D eigenvalue weighted by Gasteiger charge is -2.06. The second kappa shape index (κ2) is 4.47. The summed E-state index contributed by atoms with van der Waals surface area (Å²) in [5.74, 6) is 0. The molecule has 1 aliphatic rings. The van der Waals surface area contributed by atoms with Gasteiger partial charge < -0.3 is 0 Å². The molecule has 0 aromatic heterocycles. The topological polar surface area (TPSA) is 24.7 Å². The van der Waals surface area contributed by atoms with Crippen molar-refractivity contribution < 1.29 is 0 Å². The summed E-state index contributed by atoms with van der Waals surface area (Å²) in [4.78, 5) is 9.15. The molecule has 2 aromatic rings. The van der Waals surface area contributed by atoms with Gasteiger partial charge in [-0.15, -0.1) is 0 Å². The normalized spacial score (nSPS) is 15.9. The van der Waals surface area contributed by atoms with Gasteiger partial charge in [-0.3, -0.25) is 9.98 Å². The summed E-state index contributed by atoms with van der Waals surface area (Å²) in [5, 5.41) is 1.97. The van der Waals surface area contributed by atoms with E-state index in [0.29, 0.717) is 0 Å². The summed E-state index contributed by atoms with van der Waals surface area (Å²) < 4.78 is 0. The first-order chi connectivity index (χ1) is 9.12. The zero-order valence-electron chi connectivity index (χ0n) is 11.2. The third-order valence-electron chi connectivity index (χ3n) is 3.06. The van der Waals surface area contributed by atoms with Crippen molar-refractivity contribution in [3.8, 4) is 0 Å². The van der Waals surface area contributed by atoms with Gasteiger partial charge in [0.25, 0.3) is 0 Å². The molecule has 0 bridgehead atoms. The van der Waals surface area contributed by atoms with Gasteiger partial charge >= 0.3 is 0 Å². The molecule has 0 saturated heterocycles. The molecule has 1 heterocycles. The van der Waals surface area contributed by atoms with E-state index in [1.54, 1.807) is 0 Å². The predicted molar refractivity (Wildman–Crippen MR) is 78.2 cm³/mol. The molecule has 2 nitrogen and oxygen atoms in total. The predicted octanol–water partition coefficient (Wildman–Crippen LogP) is 2.85. The Hall–Kier alpha value is -2.22. The van der Waals surface area contributed by atoms with Gasteiger partial charge in [0.15, 0.2) is 0 Å². The maximum atomic E-state index is 4.60. The Morgan fingerprint density at radius 2 is 1.47 bits per heavy atom. The minimum absolute atomic E-state index is 0.315. The van der Waals surface area contributed by atoms with Gasteiger partial charge in [0.1, 0.15) is 5.66 Å². The number of rotatable bonds is 2. The summed E-state index contributed by atoms with van der Waals surface area (Å²) in [6.07, 6.45) is 4.22. The van der Waals surface area contributed by atoms with Crippen LogP contribution in [0.15, 0.2) is 58.5 Å². The molecule has 2 aromatic carbocycles. The molecule has 0 spiro atoms. The largest absolute Gasteiger partial charge is 0.254 e. The van der Waals surface area contributed by atoms with Crippen LogP contribution in [0.5, 0.6) is 0 Å². The molecule has 94 valence electrons. The molecule has 0 radical (unpaired) electrons. The monoisotopic (exact) mass is 248 g/mol. The maximum absolute atomic E-state index is 4.60. The molecular weight excluding hydrogens is 232 g/mol. The van der Waals surface area contributed by atoms with E-state index in [1.165, 1.54) is 5.56 Å². The van der Waals surface area contributed by atoms with Crippen molar-refractivity contribution >= 4 is 12.2 Å². The highest BCUT2D eigenvalue weighted by Gasteiger charge is 2.17. The lowest BCUT2D eigenvalue weighted by atomic mass is 10.1. The van der Waals surface area contributed by atoms with Crippen LogP contribution >= 0.6 is 0 Å². The first-order valence-corrected chi connectivity index (χ1v) is 6.45. The van der Waals surface area contributed by atoms with Gasteiger partial charge in [-0.2, -0.15) is 0 Å². The van der Waals surface area contributed by atoms with Gasteiger partial charge in [-0.05, 0) is 37.1 Å². The van der Waals surface area contributed by atoms with Crippen molar-refractivity contribution in [3.63, 3.8) is 0 Å². The Morgan fingerprint density at radius 3 is 2.26 bits per heavy atom. The fourth-order valence-corrected chi connectivity index (χ4v) is 2.20. The van der Waals surface area contributed by atoms with Crippen molar-refractivity contribution in [2.24, 2.45) is 9.98 Å². The van der Waals surface area contributed by atoms with E-state index < -0.39 is 0 Å². The summed E-state index contributed by atoms with van der Waals surface area (Å²) in [7, 11) is 0. The Bertz CT molecular complexity index is 741. The number of hydrogen-bond acceptors (Lipinski definition) is 2.